The Labute approximate surface area is 158 Å². The van der Waals surface area contributed by atoms with E-state index in [4.69, 9.17) is 4.52 Å². The van der Waals surface area contributed by atoms with Crippen LogP contribution >= 0.6 is 0 Å². The van der Waals surface area contributed by atoms with Crippen LogP contribution in [0.4, 0.5) is 6.01 Å². The van der Waals surface area contributed by atoms with Crippen molar-refractivity contribution in [2.75, 3.05) is 11.9 Å². The quantitative estimate of drug-likeness (QED) is 0.522. The highest BCUT2D eigenvalue weighted by Gasteiger charge is 2.15. The number of hydrogen-bond acceptors (Lipinski definition) is 5. The van der Waals surface area contributed by atoms with Gasteiger partial charge in [-0.2, -0.15) is 4.98 Å². The van der Waals surface area contributed by atoms with Crippen LogP contribution in [0.5, 0.6) is 0 Å². The summed E-state index contributed by atoms with van der Waals surface area (Å²) in [7, 11) is 1.92. The summed E-state index contributed by atoms with van der Waals surface area (Å²) in [5.41, 5.74) is 3.37. The second kappa shape index (κ2) is 7.45. The zero-order chi connectivity index (χ0) is 18.6. The lowest BCUT2D eigenvalue weighted by molar-refractivity contribution is 0.417. The van der Waals surface area contributed by atoms with Gasteiger partial charge in [-0.3, -0.25) is 0 Å². The third kappa shape index (κ3) is 3.89. The van der Waals surface area contributed by atoms with Gasteiger partial charge in [0.2, 0.25) is 5.82 Å². The minimum absolute atomic E-state index is 0.472. The van der Waals surface area contributed by atoms with Crippen molar-refractivity contribution in [1.29, 1.82) is 0 Å². The van der Waals surface area contributed by atoms with Gasteiger partial charge < -0.3 is 14.0 Å². The van der Waals surface area contributed by atoms with Crippen LogP contribution in [0.2, 0.25) is 0 Å². The number of aryl methyl sites for hydroxylation is 1. The zero-order valence-electron chi connectivity index (χ0n) is 15.4. The van der Waals surface area contributed by atoms with E-state index in [1.165, 1.54) is 11.1 Å². The van der Waals surface area contributed by atoms with E-state index in [1.807, 2.05) is 66.8 Å². The summed E-state index contributed by atoms with van der Waals surface area (Å²) in [6.45, 7) is 3.41. The molecule has 27 heavy (non-hydrogen) atoms. The predicted octanol–water partition coefficient (Wildman–Crippen LogP) is 3.93. The molecule has 0 unspecified atom stereocenters. The fourth-order valence-electron chi connectivity index (χ4n) is 2.89. The van der Waals surface area contributed by atoms with Gasteiger partial charge in [-0.05, 0) is 12.5 Å². The zero-order valence-corrected chi connectivity index (χ0v) is 15.4. The number of anilines is 1. The highest BCUT2D eigenvalue weighted by Crippen LogP contribution is 2.20. The van der Waals surface area contributed by atoms with Crippen molar-refractivity contribution in [3.8, 4) is 11.4 Å². The Morgan fingerprint density at radius 1 is 1.04 bits per heavy atom. The Kier molecular flexibility index (Phi) is 4.70. The summed E-state index contributed by atoms with van der Waals surface area (Å²) in [4.78, 5) is 10.9. The van der Waals surface area contributed by atoms with Gasteiger partial charge in [0.15, 0.2) is 0 Å². The first-order chi connectivity index (χ1) is 13.2. The van der Waals surface area contributed by atoms with Crippen LogP contribution in [0.25, 0.3) is 11.4 Å². The van der Waals surface area contributed by atoms with Crippen LogP contribution in [0.3, 0.4) is 0 Å². The number of aromatic nitrogens is 4. The highest BCUT2D eigenvalue weighted by molar-refractivity contribution is 5.56. The Morgan fingerprint density at radius 2 is 1.81 bits per heavy atom. The minimum Gasteiger partial charge on any atom is -0.329 e. The smallest absolute Gasteiger partial charge is 0.324 e. The Hall–Kier alpha value is -3.41. The Morgan fingerprint density at radius 3 is 2.59 bits per heavy atom. The van der Waals surface area contributed by atoms with E-state index in [1.54, 1.807) is 0 Å². The van der Waals surface area contributed by atoms with E-state index in [0.29, 0.717) is 18.4 Å². The summed E-state index contributed by atoms with van der Waals surface area (Å²) >= 11 is 0. The molecular formula is C21H21N5O. The maximum atomic E-state index is 5.45. The van der Waals surface area contributed by atoms with Crippen LogP contribution in [-0.4, -0.2) is 26.7 Å². The highest BCUT2D eigenvalue weighted by atomic mass is 16.5. The van der Waals surface area contributed by atoms with Gasteiger partial charge in [-0.25, -0.2) is 4.98 Å². The first-order valence-electron chi connectivity index (χ1n) is 8.85. The molecule has 0 fully saturated rings. The van der Waals surface area contributed by atoms with Crippen LogP contribution in [0, 0.1) is 6.92 Å². The molecule has 0 radical (unpaired) electrons. The number of rotatable bonds is 6. The molecule has 0 N–H and O–H groups in total. The van der Waals surface area contributed by atoms with E-state index >= 15 is 0 Å². The average Bonchev–Trinajstić information content (AvgIpc) is 3.33. The summed E-state index contributed by atoms with van der Waals surface area (Å²) in [5.74, 6) is 1.53. The van der Waals surface area contributed by atoms with Gasteiger partial charge in [0.1, 0.15) is 5.82 Å². The standard InChI is InChI=1S/C21H21N5O/c1-16-8-10-18(11-9-16)20-23-21(27-24-20)25(2)15-19-22-12-13-26(19)14-17-6-4-3-5-7-17/h3-13H,14-15H2,1-2H3. The molecule has 4 rings (SSSR count). The molecule has 6 heteroatoms. The predicted molar refractivity (Wildman–Crippen MR) is 104 cm³/mol. The van der Waals surface area contributed by atoms with E-state index in [2.05, 4.69) is 38.7 Å². The van der Waals surface area contributed by atoms with Gasteiger partial charge >= 0.3 is 6.01 Å². The van der Waals surface area contributed by atoms with Crippen molar-refractivity contribution in [2.24, 2.45) is 0 Å². The lowest BCUT2D eigenvalue weighted by atomic mass is 10.1. The lowest BCUT2D eigenvalue weighted by Gasteiger charge is -2.14. The molecule has 0 aliphatic heterocycles. The van der Waals surface area contributed by atoms with Crippen LogP contribution in [0.15, 0.2) is 71.5 Å². The molecule has 0 aliphatic rings. The molecule has 0 aliphatic carbocycles. The number of nitrogens with zero attached hydrogens (tertiary/aromatic N) is 5. The van der Waals surface area contributed by atoms with Gasteiger partial charge in [0.25, 0.3) is 0 Å². The largest absolute Gasteiger partial charge is 0.329 e. The van der Waals surface area contributed by atoms with Gasteiger partial charge in [-0.1, -0.05) is 65.3 Å². The molecule has 2 aromatic heterocycles. The van der Waals surface area contributed by atoms with Crippen molar-refractivity contribution >= 4 is 6.01 Å². The molecule has 0 bridgehead atoms. The van der Waals surface area contributed by atoms with E-state index < -0.39 is 0 Å². The Bertz CT molecular complexity index is 1000. The van der Waals surface area contributed by atoms with E-state index in [-0.39, 0.29) is 0 Å². The summed E-state index contributed by atoms with van der Waals surface area (Å²) in [6.07, 6.45) is 3.80. The second-order valence-corrected chi connectivity index (χ2v) is 6.58. The lowest BCUT2D eigenvalue weighted by Crippen LogP contribution is -2.20. The van der Waals surface area contributed by atoms with Gasteiger partial charge in [0.05, 0.1) is 6.54 Å². The van der Waals surface area contributed by atoms with Crippen molar-refractivity contribution < 1.29 is 4.52 Å². The van der Waals surface area contributed by atoms with E-state index in [0.717, 1.165) is 17.9 Å². The van der Waals surface area contributed by atoms with Gasteiger partial charge in [-0.15, -0.1) is 0 Å². The molecule has 6 nitrogen and oxygen atoms in total. The molecule has 0 atom stereocenters. The molecular weight excluding hydrogens is 338 g/mol. The fraction of sp³-hybridized carbons (Fsp3) is 0.190. The monoisotopic (exact) mass is 359 g/mol. The number of benzene rings is 2. The maximum absolute atomic E-state index is 5.45. The summed E-state index contributed by atoms with van der Waals surface area (Å²) < 4.78 is 7.57. The summed E-state index contributed by atoms with van der Waals surface area (Å²) in [6, 6.07) is 18.9. The fourth-order valence-corrected chi connectivity index (χ4v) is 2.89. The topological polar surface area (TPSA) is 60.0 Å². The molecule has 2 heterocycles. The van der Waals surface area contributed by atoms with Gasteiger partial charge in [0, 0.05) is 31.5 Å². The maximum Gasteiger partial charge on any atom is 0.324 e. The molecule has 0 spiro atoms. The number of imidazole rings is 1. The molecule has 2 aromatic carbocycles. The SMILES string of the molecule is Cc1ccc(-c2noc(N(C)Cc3nccn3Cc3ccccc3)n2)cc1. The first-order valence-corrected chi connectivity index (χ1v) is 8.85. The minimum atomic E-state index is 0.472. The molecule has 0 saturated heterocycles. The van der Waals surface area contributed by atoms with Crippen molar-refractivity contribution in [1.82, 2.24) is 19.7 Å². The Balaban J connectivity index is 1.48. The van der Waals surface area contributed by atoms with E-state index in [9.17, 15) is 0 Å². The third-order valence-corrected chi connectivity index (χ3v) is 4.43. The van der Waals surface area contributed by atoms with Crippen LogP contribution in [-0.2, 0) is 13.1 Å². The van der Waals surface area contributed by atoms with Crippen LogP contribution < -0.4 is 4.90 Å². The van der Waals surface area contributed by atoms with Crippen molar-refractivity contribution in [3.05, 3.63) is 83.9 Å². The summed E-state index contributed by atoms with van der Waals surface area (Å²) in [5, 5.41) is 4.10. The molecule has 0 amide bonds. The number of hydrogen-bond donors (Lipinski definition) is 0. The molecule has 136 valence electrons. The van der Waals surface area contributed by atoms with Crippen LogP contribution in [0.1, 0.15) is 17.0 Å². The molecule has 0 saturated carbocycles. The molecule has 4 aromatic rings. The second-order valence-electron chi connectivity index (χ2n) is 6.58. The van der Waals surface area contributed by atoms with Crippen molar-refractivity contribution in [3.63, 3.8) is 0 Å². The average molecular weight is 359 g/mol. The van der Waals surface area contributed by atoms with Crippen molar-refractivity contribution in [2.45, 2.75) is 20.0 Å². The first kappa shape index (κ1) is 17.0. The third-order valence-electron chi connectivity index (χ3n) is 4.43. The normalized spacial score (nSPS) is 10.9.